The van der Waals surface area contributed by atoms with Crippen LogP contribution < -0.4 is 5.32 Å². The largest absolute Gasteiger partial charge is 0.352 e. The molecule has 0 aliphatic rings. The highest BCUT2D eigenvalue weighted by Crippen LogP contribution is 2.16. The predicted octanol–water partition coefficient (Wildman–Crippen LogP) is 3.36. The van der Waals surface area contributed by atoms with Gasteiger partial charge in [-0.05, 0) is 30.2 Å². The lowest BCUT2D eigenvalue weighted by atomic mass is 10.1. The van der Waals surface area contributed by atoms with E-state index in [4.69, 9.17) is 11.6 Å². The zero-order valence-corrected chi connectivity index (χ0v) is 15.0. The van der Waals surface area contributed by atoms with E-state index in [1.807, 2.05) is 25.1 Å². The fourth-order valence-corrected chi connectivity index (χ4v) is 2.81. The number of nitrogens with zero attached hydrogens (tertiary/aromatic N) is 2. The Bertz CT molecular complexity index is 925. The lowest BCUT2D eigenvalue weighted by Gasteiger charge is -2.06. The van der Waals surface area contributed by atoms with E-state index in [0.717, 1.165) is 5.56 Å². The molecule has 2 aromatic carbocycles. The molecule has 3 rings (SSSR count). The van der Waals surface area contributed by atoms with Crippen molar-refractivity contribution in [2.24, 2.45) is 0 Å². The molecule has 0 spiro atoms. The minimum absolute atomic E-state index is 0.0587. The zero-order chi connectivity index (χ0) is 18.5. The third-order valence-electron chi connectivity index (χ3n) is 3.84. The Morgan fingerprint density at radius 1 is 1.27 bits per heavy atom. The molecule has 0 fully saturated rings. The number of aryl methyl sites for hydroxylation is 1. The normalized spacial score (nSPS) is 10.7. The molecular weight excluding hydrogens is 355 g/mol. The van der Waals surface area contributed by atoms with E-state index in [0.29, 0.717) is 23.6 Å². The van der Waals surface area contributed by atoms with Gasteiger partial charge in [-0.3, -0.25) is 9.89 Å². The molecular formula is C19H18ClFN4O. The minimum Gasteiger partial charge on any atom is -0.352 e. The first-order chi connectivity index (χ1) is 12.5. The molecule has 26 heavy (non-hydrogen) atoms. The van der Waals surface area contributed by atoms with Gasteiger partial charge in [0.25, 0.3) is 0 Å². The number of hydrogen-bond acceptors (Lipinski definition) is 3. The number of rotatable bonds is 6. The standard InChI is InChI=1S/C19H18ClFN4O/c1-12-3-2-4-13(7-12)8-17-23-18(25-24-17)10-19(26)22-11-14-5-6-15(21)9-16(14)20/h2-7,9H,8,10-11H2,1H3,(H,22,26)(H,23,24,25). The number of halogens is 2. The van der Waals surface area contributed by atoms with Crippen LogP contribution in [-0.2, 0) is 24.2 Å². The molecule has 7 heteroatoms. The second-order valence-electron chi connectivity index (χ2n) is 6.05. The number of aromatic nitrogens is 3. The smallest absolute Gasteiger partial charge is 0.228 e. The Balaban J connectivity index is 1.54. The quantitative estimate of drug-likeness (QED) is 0.697. The van der Waals surface area contributed by atoms with Crippen molar-refractivity contribution in [1.29, 1.82) is 0 Å². The first-order valence-corrected chi connectivity index (χ1v) is 8.54. The number of nitrogens with one attached hydrogen (secondary N) is 2. The van der Waals surface area contributed by atoms with E-state index >= 15 is 0 Å². The van der Waals surface area contributed by atoms with Crippen molar-refractivity contribution in [3.05, 3.63) is 81.6 Å². The van der Waals surface area contributed by atoms with Crippen LogP contribution in [0.25, 0.3) is 0 Å². The number of amides is 1. The lowest BCUT2D eigenvalue weighted by Crippen LogP contribution is -2.25. The van der Waals surface area contributed by atoms with Crippen LogP contribution in [0.4, 0.5) is 4.39 Å². The first kappa shape index (κ1) is 18.1. The van der Waals surface area contributed by atoms with Crippen LogP contribution in [0.5, 0.6) is 0 Å². The summed E-state index contributed by atoms with van der Waals surface area (Å²) in [5.74, 6) is 0.494. The van der Waals surface area contributed by atoms with Gasteiger partial charge >= 0.3 is 0 Å². The Hall–Kier alpha value is -2.73. The molecule has 134 valence electrons. The number of aromatic amines is 1. The van der Waals surface area contributed by atoms with Gasteiger partial charge in [-0.2, -0.15) is 5.10 Å². The molecule has 0 saturated carbocycles. The Kier molecular flexibility index (Phi) is 5.63. The number of carbonyl (C=O) groups is 1. The topological polar surface area (TPSA) is 70.7 Å². The van der Waals surface area contributed by atoms with E-state index in [1.165, 1.54) is 17.7 Å². The molecule has 0 aliphatic heterocycles. The van der Waals surface area contributed by atoms with Crippen molar-refractivity contribution >= 4 is 17.5 Å². The number of hydrogen-bond donors (Lipinski definition) is 2. The predicted molar refractivity (Wildman–Crippen MR) is 97.3 cm³/mol. The van der Waals surface area contributed by atoms with E-state index < -0.39 is 5.82 Å². The maximum absolute atomic E-state index is 13.0. The molecule has 1 aromatic heterocycles. The molecule has 1 amide bonds. The van der Waals surface area contributed by atoms with Gasteiger partial charge in [0.15, 0.2) is 5.82 Å². The first-order valence-electron chi connectivity index (χ1n) is 8.16. The van der Waals surface area contributed by atoms with Crippen molar-refractivity contribution in [1.82, 2.24) is 20.5 Å². The van der Waals surface area contributed by atoms with Crippen LogP contribution in [0, 0.1) is 12.7 Å². The third kappa shape index (κ3) is 4.89. The van der Waals surface area contributed by atoms with Crippen molar-refractivity contribution in [3.8, 4) is 0 Å². The van der Waals surface area contributed by atoms with Crippen molar-refractivity contribution in [2.75, 3.05) is 0 Å². The second-order valence-corrected chi connectivity index (χ2v) is 6.46. The van der Waals surface area contributed by atoms with Crippen LogP contribution in [-0.4, -0.2) is 21.1 Å². The Morgan fingerprint density at radius 3 is 2.88 bits per heavy atom. The number of H-pyrrole nitrogens is 1. The summed E-state index contributed by atoms with van der Waals surface area (Å²) in [6, 6.07) is 12.2. The van der Waals surface area contributed by atoms with E-state index in [2.05, 4.69) is 26.6 Å². The van der Waals surface area contributed by atoms with E-state index in [9.17, 15) is 9.18 Å². The van der Waals surface area contributed by atoms with Gasteiger partial charge in [0.2, 0.25) is 5.91 Å². The SMILES string of the molecule is Cc1cccc(Cc2nc(CC(=O)NCc3ccc(F)cc3Cl)n[nH]2)c1. The average Bonchev–Trinajstić information content (AvgIpc) is 3.01. The summed E-state index contributed by atoms with van der Waals surface area (Å²) in [7, 11) is 0. The molecule has 0 radical (unpaired) electrons. The summed E-state index contributed by atoms with van der Waals surface area (Å²) in [5.41, 5.74) is 2.96. The van der Waals surface area contributed by atoms with Crippen LogP contribution in [0.2, 0.25) is 5.02 Å². The van der Waals surface area contributed by atoms with Gasteiger partial charge in [0.05, 0.1) is 6.42 Å². The fourth-order valence-electron chi connectivity index (χ4n) is 2.57. The van der Waals surface area contributed by atoms with E-state index in [-0.39, 0.29) is 23.9 Å². The summed E-state index contributed by atoms with van der Waals surface area (Å²) >= 11 is 5.94. The summed E-state index contributed by atoms with van der Waals surface area (Å²) in [4.78, 5) is 16.4. The molecule has 5 nitrogen and oxygen atoms in total. The maximum Gasteiger partial charge on any atom is 0.228 e. The van der Waals surface area contributed by atoms with E-state index in [1.54, 1.807) is 6.07 Å². The Labute approximate surface area is 155 Å². The summed E-state index contributed by atoms with van der Waals surface area (Å²) in [6.07, 6.45) is 0.685. The summed E-state index contributed by atoms with van der Waals surface area (Å²) in [6.45, 7) is 2.26. The average molecular weight is 373 g/mol. The molecule has 0 aliphatic carbocycles. The molecule has 1 heterocycles. The van der Waals surface area contributed by atoms with Gasteiger partial charge in [0.1, 0.15) is 11.6 Å². The summed E-state index contributed by atoms with van der Waals surface area (Å²) < 4.78 is 13.0. The third-order valence-corrected chi connectivity index (χ3v) is 4.19. The lowest BCUT2D eigenvalue weighted by molar-refractivity contribution is -0.120. The highest BCUT2D eigenvalue weighted by atomic mass is 35.5. The molecule has 3 aromatic rings. The van der Waals surface area contributed by atoms with Gasteiger partial charge in [-0.1, -0.05) is 47.5 Å². The number of carbonyl (C=O) groups excluding carboxylic acids is 1. The van der Waals surface area contributed by atoms with Gasteiger partial charge in [-0.15, -0.1) is 0 Å². The molecule has 0 unspecified atom stereocenters. The summed E-state index contributed by atoms with van der Waals surface area (Å²) in [5, 5.41) is 9.97. The molecule has 0 bridgehead atoms. The van der Waals surface area contributed by atoms with Crippen molar-refractivity contribution in [2.45, 2.75) is 26.3 Å². The molecule has 0 saturated heterocycles. The van der Waals surface area contributed by atoms with Crippen molar-refractivity contribution < 1.29 is 9.18 Å². The number of benzene rings is 2. The molecule has 2 N–H and O–H groups in total. The van der Waals surface area contributed by atoms with Crippen molar-refractivity contribution in [3.63, 3.8) is 0 Å². The van der Waals surface area contributed by atoms with Crippen LogP contribution in [0.15, 0.2) is 42.5 Å². The second kappa shape index (κ2) is 8.10. The monoisotopic (exact) mass is 372 g/mol. The van der Waals surface area contributed by atoms with Crippen LogP contribution >= 0.6 is 11.6 Å². The minimum atomic E-state index is -0.410. The molecule has 0 atom stereocenters. The van der Waals surface area contributed by atoms with Crippen LogP contribution in [0.1, 0.15) is 28.3 Å². The fraction of sp³-hybridized carbons (Fsp3) is 0.211. The highest BCUT2D eigenvalue weighted by Gasteiger charge is 2.10. The zero-order valence-electron chi connectivity index (χ0n) is 14.2. The van der Waals surface area contributed by atoms with Gasteiger partial charge in [0, 0.05) is 18.0 Å². The maximum atomic E-state index is 13.0. The van der Waals surface area contributed by atoms with Gasteiger partial charge in [-0.25, -0.2) is 9.37 Å². The van der Waals surface area contributed by atoms with Gasteiger partial charge < -0.3 is 5.32 Å². The Morgan fingerprint density at radius 2 is 2.12 bits per heavy atom. The van der Waals surface area contributed by atoms with Crippen LogP contribution in [0.3, 0.4) is 0 Å². The highest BCUT2D eigenvalue weighted by molar-refractivity contribution is 6.31.